The summed E-state index contributed by atoms with van der Waals surface area (Å²) in [5.74, 6) is -0.0772. The Kier molecular flexibility index (Phi) is 4.94. The van der Waals surface area contributed by atoms with Crippen LogP contribution in [0.3, 0.4) is 0 Å². The van der Waals surface area contributed by atoms with E-state index in [2.05, 4.69) is 10.6 Å². The van der Waals surface area contributed by atoms with Crippen LogP contribution in [0.2, 0.25) is 0 Å². The summed E-state index contributed by atoms with van der Waals surface area (Å²) in [7, 11) is -3.03. The van der Waals surface area contributed by atoms with Crippen molar-refractivity contribution < 1.29 is 13.2 Å². The van der Waals surface area contributed by atoms with Gasteiger partial charge in [-0.1, -0.05) is 6.42 Å². The van der Waals surface area contributed by atoms with Gasteiger partial charge in [0, 0.05) is 18.8 Å². The highest BCUT2D eigenvalue weighted by atomic mass is 32.2. The molecule has 0 aliphatic heterocycles. The normalized spacial score (nSPS) is 26.8. The van der Waals surface area contributed by atoms with Gasteiger partial charge in [-0.3, -0.25) is 4.79 Å². The molecule has 0 saturated heterocycles. The van der Waals surface area contributed by atoms with E-state index in [-0.39, 0.29) is 23.2 Å². The highest BCUT2D eigenvalue weighted by Crippen LogP contribution is 2.25. The van der Waals surface area contributed by atoms with Gasteiger partial charge in [0.25, 0.3) is 0 Å². The summed E-state index contributed by atoms with van der Waals surface area (Å²) in [5, 5.41) is 5.50. The summed E-state index contributed by atoms with van der Waals surface area (Å²) in [6, 6.07) is -0.440. The minimum Gasteiger partial charge on any atom is -0.355 e. The number of hydrogen-bond acceptors (Lipinski definition) is 4. The van der Waals surface area contributed by atoms with Crippen LogP contribution >= 0.6 is 0 Å². The molecule has 0 radical (unpaired) electrons. The number of amides is 1. The summed E-state index contributed by atoms with van der Waals surface area (Å²) < 4.78 is 23.2. The lowest BCUT2D eigenvalue weighted by atomic mass is 10.2. The van der Waals surface area contributed by atoms with Crippen LogP contribution in [0.1, 0.15) is 33.1 Å². The molecule has 17 heavy (non-hydrogen) atoms. The van der Waals surface area contributed by atoms with Gasteiger partial charge in [-0.25, -0.2) is 8.42 Å². The van der Waals surface area contributed by atoms with Crippen LogP contribution < -0.4 is 10.6 Å². The first-order chi connectivity index (χ1) is 7.86. The summed E-state index contributed by atoms with van der Waals surface area (Å²) in [6.07, 6.45) is 3.69. The van der Waals surface area contributed by atoms with Crippen LogP contribution in [0.15, 0.2) is 0 Å². The first kappa shape index (κ1) is 14.4. The lowest BCUT2D eigenvalue weighted by Gasteiger charge is -2.23. The molecule has 100 valence electrons. The maximum atomic E-state index is 11.6. The minimum absolute atomic E-state index is 0.0772. The van der Waals surface area contributed by atoms with E-state index < -0.39 is 9.84 Å². The van der Waals surface area contributed by atoms with E-state index in [4.69, 9.17) is 0 Å². The Morgan fingerprint density at radius 3 is 2.59 bits per heavy atom. The van der Waals surface area contributed by atoms with Crippen molar-refractivity contribution in [2.45, 2.75) is 50.4 Å². The second kappa shape index (κ2) is 5.82. The zero-order chi connectivity index (χ0) is 13.1. The topological polar surface area (TPSA) is 75.3 Å². The molecule has 1 aliphatic carbocycles. The molecule has 5 nitrogen and oxygen atoms in total. The molecule has 6 heteroatoms. The summed E-state index contributed by atoms with van der Waals surface area (Å²) >= 11 is 0. The quantitative estimate of drug-likeness (QED) is 0.735. The highest BCUT2D eigenvalue weighted by molar-refractivity contribution is 7.91. The van der Waals surface area contributed by atoms with E-state index in [1.807, 2.05) is 6.92 Å². The fourth-order valence-electron chi connectivity index (χ4n) is 2.35. The van der Waals surface area contributed by atoms with Gasteiger partial charge in [-0.05, 0) is 26.7 Å². The maximum absolute atomic E-state index is 11.6. The summed E-state index contributed by atoms with van der Waals surface area (Å²) in [5.41, 5.74) is 0. The fraction of sp³-hybridized carbons (Fsp3) is 0.909. The Hall–Kier alpha value is -0.620. The second-order valence-electron chi connectivity index (χ2n) is 4.69. The van der Waals surface area contributed by atoms with Crippen LogP contribution in [0, 0.1) is 0 Å². The van der Waals surface area contributed by atoms with Crippen molar-refractivity contribution in [1.29, 1.82) is 0 Å². The number of likely N-dealkylation sites (N-methyl/N-ethyl adjacent to an activating group) is 1. The van der Waals surface area contributed by atoms with Gasteiger partial charge in [0.15, 0.2) is 9.84 Å². The minimum atomic E-state index is -3.03. The van der Waals surface area contributed by atoms with E-state index in [1.165, 1.54) is 6.26 Å². The van der Waals surface area contributed by atoms with Crippen LogP contribution in [-0.4, -0.2) is 44.5 Å². The molecule has 1 aliphatic rings. The van der Waals surface area contributed by atoms with E-state index in [9.17, 15) is 13.2 Å². The zero-order valence-corrected chi connectivity index (χ0v) is 11.5. The van der Waals surface area contributed by atoms with Gasteiger partial charge in [0.2, 0.25) is 5.91 Å². The smallest absolute Gasteiger partial charge is 0.236 e. The fourth-order valence-corrected chi connectivity index (χ4v) is 3.76. The molecule has 3 unspecified atom stereocenters. The average molecular weight is 262 g/mol. The Bertz CT molecular complexity index is 367. The van der Waals surface area contributed by atoms with E-state index in [0.717, 1.165) is 12.8 Å². The molecule has 0 aromatic rings. The third-order valence-electron chi connectivity index (χ3n) is 3.21. The first-order valence-corrected chi connectivity index (χ1v) is 8.04. The number of nitrogens with one attached hydrogen (secondary N) is 2. The van der Waals surface area contributed by atoms with Crippen LogP contribution in [0.4, 0.5) is 0 Å². The molecule has 1 saturated carbocycles. The van der Waals surface area contributed by atoms with Crippen molar-refractivity contribution in [3.63, 3.8) is 0 Å². The van der Waals surface area contributed by atoms with Gasteiger partial charge in [-0.15, -0.1) is 0 Å². The number of sulfone groups is 1. The molecule has 1 rings (SSSR count). The maximum Gasteiger partial charge on any atom is 0.236 e. The molecule has 0 heterocycles. The molecule has 0 spiro atoms. The van der Waals surface area contributed by atoms with Gasteiger partial charge in [-0.2, -0.15) is 0 Å². The van der Waals surface area contributed by atoms with E-state index in [1.54, 1.807) is 6.92 Å². The average Bonchev–Trinajstić information content (AvgIpc) is 2.65. The number of hydrogen-bond donors (Lipinski definition) is 2. The molecule has 1 fully saturated rings. The molecular weight excluding hydrogens is 240 g/mol. The van der Waals surface area contributed by atoms with Crippen LogP contribution in [0.25, 0.3) is 0 Å². The van der Waals surface area contributed by atoms with Crippen molar-refractivity contribution in [2.24, 2.45) is 0 Å². The van der Waals surface area contributed by atoms with Crippen molar-refractivity contribution in [3.8, 4) is 0 Å². The monoisotopic (exact) mass is 262 g/mol. The lowest BCUT2D eigenvalue weighted by Crippen LogP contribution is -2.50. The predicted octanol–water partition coefficient (Wildman–Crippen LogP) is 0.0663. The molecule has 2 N–H and O–H groups in total. The van der Waals surface area contributed by atoms with Crippen molar-refractivity contribution >= 4 is 15.7 Å². The Morgan fingerprint density at radius 2 is 2.06 bits per heavy atom. The van der Waals surface area contributed by atoms with Gasteiger partial charge < -0.3 is 10.6 Å². The van der Waals surface area contributed by atoms with Crippen LogP contribution in [-0.2, 0) is 14.6 Å². The first-order valence-electron chi connectivity index (χ1n) is 6.09. The SMILES string of the molecule is CCNC(=O)C(C)NC1CCCC1S(C)(=O)=O. The lowest BCUT2D eigenvalue weighted by molar-refractivity contribution is -0.122. The highest BCUT2D eigenvalue weighted by Gasteiger charge is 2.35. The Labute approximate surface area is 103 Å². The van der Waals surface area contributed by atoms with E-state index in [0.29, 0.717) is 13.0 Å². The number of carbonyl (C=O) groups is 1. The molecule has 1 amide bonds. The van der Waals surface area contributed by atoms with Gasteiger partial charge in [0.1, 0.15) is 0 Å². The van der Waals surface area contributed by atoms with Crippen LogP contribution in [0.5, 0.6) is 0 Å². The Morgan fingerprint density at radius 1 is 1.41 bits per heavy atom. The number of carbonyl (C=O) groups excluding carboxylic acids is 1. The van der Waals surface area contributed by atoms with E-state index >= 15 is 0 Å². The van der Waals surface area contributed by atoms with Crippen molar-refractivity contribution in [3.05, 3.63) is 0 Å². The Balaban J connectivity index is 2.59. The van der Waals surface area contributed by atoms with Crippen molar-refractivity contribution in [2.75, 3.05) is 12.8 Å². The molecule has 0 aromatic heterocycles. The molecular formula is C11H22N2O3S. The molecule has 3 atom stereocenters. The summed E-state index contributed by atoms with van der Waals surface area (Å²) in [4.78, 5) is 11.6. The third kappa shape index (κ3) is 3.96. The van der Waals surface area contributed by atoms with Gasteiger partial charge >= 0.3 is 0 Å². The third-order valence-corrected chi connectivity index (χ3v) is 4.87. The van der Waals surface area contributed by atoms with Crippen molar-refractivity contribution in [1.82, 2.24) is 10.6 Å². The second-order valence-corrected chi connectivity index (χ2v) is 6.95. The standard InChI is InChI=1S/C11H22N2O3S/c1-4-12-11(14)8(2)13-9-6-5-7-10(9)17(3,15)16/h8-10,13H,4-7H2,1-3H3,(H,12,14). The molecule has 0 bridgehead atoms. The van der Waals surface area contributed by atoms with Gasteiger partial charge in [0.05, 0.1) is 11.3 Å². The number of rotatable bonds is 5. The summed E-state index contributed by atoms with van der Waals surface area (Å²) in [6.45, 7) is 4.22. The largest absolute Gasteiger partial charge is 0.355 e. The predicted molar refractivity (Wildman–Crippen MR) is 67.6 cm³/mol. The molecule has 0 aromatic carbocycles. The zero-order valence-electron chi connectivity index (χ0n) is 10.7.